The van der Waals surface area contributed by atoms with Crippen molar-refractivity contribution in [1.29, 1.82) is 0 Å². The summed E-state index contributed by atoms with van der Waals surface area (Å²) in [5.74, 6) is -0.150. The van der Waals surface area contributed by atoms with Crippen LogP contribution in [-0.2, 0) is 22.4 Å². The maximum absolute atomic E-state index is 13.6. The summed E-state index contributed by atoms with van der Waals surface area (Å²) in [6.07, 6.45) is 9.87. The summed E-state index contributed by atoms with van der Waals surface area (Å²) in [5.41, 5.74) is 1.89. The molecule has 2 amide bonds. The molecule has 4 rings (SSSR count). The Kier molecular flexibility index (Phi) is 8.25. The average Bonchev–Trinajstić information content (AvgIpc) is 3.36. The molecule has 0 unspecified atom stereocenters. The van der Waals surface area contributed by atoms with Crippen LogP contribution in [0.3, 0.4) is 0 Å². The molecule has 33 heavy (non-hydrogen) atoms. The van der Waals surface area contributed by atoms with Gasteiger partial charge in [0.1, 0.15) is 6.04 Å². The highest BCUT2D eigenvalue weighted by molar-refractivity contribution is 7.10. The van der Waals surface area contributed by atoms with E-state index in [-0.39, 0.29) is 17.9 Å². The smallest absolute Gasteiger partial charge is 0.247 e. The molecule has 1 N–H and O–H groups in total. The van der Waals surface area contributed by atoms with Crippen LogP contribution in [0.5, 0.6) is 0 Å². The van der Waals surface area contributed by atoms with Crippen LogP contribution in [0, 0.1) is 0 Å². The lowest BCUT2D eigenvalue weighted by molar-refractivity contribution is -0.140. The highest BCUT2D eigenvalue weighted by Gasteiger charge is 2.33. The third-order valence-electron chi connectivity index (χ3n) is 6.22. The minimum absolute atomic E-state index is 0.0407. The lowest BCUT2D eigenvalue weighted by Gasteiger charge is -2.33. The van der Waals surface area contributed by atoms with E-state index in [2.05, 4.69) is 22.4 Å². The summed E-state index contributed by atoms with van der Waals surface area (Å²) in [4.78, 5) is 34.2. The Hall–Kier alpha value is -2.99. The molecule has 2 heterocycles. The second kappa shape index (κ2) is 11.8. The van der Waals surface area contributed by atoms with Crippen molar-refractivity contribution >= 4 is 23.2 Å². The van der Waals surface area contributed by atoms with Gasteiger partial charge in [-0.15, -0.1) is 11.3 Å². The fourth-order valence-electron chi connectivity index (χ4n) is 4.49. The molecule has 0 spiro atoms. The lowest BCUT2D eigenvalue weighted by atomic mass is 9.94. The molecule has 1 fully saturated rings. The number of hydrogen-bond donors (Lipinski definition) is 1. The van der Waals surface area contributed by atoms with Gasteiger partial charge < -0.3 is 10.2 Å². The van der Waals surface area contributed by atoms with Crippen molar-refractivity contribution in [2.75, 3.05) is 6.54 Å². The highest BCUT2D eigenvalue weighted by atomic mass is 32.1. The molecule has 172 valence electrons. The largest absolute Gasteiger partial charge is 0.351 e. The van der Waals surface area contributed by atoms with Gasteiger partial charge in [-0.3, -0.25) is 14.6 Å². The van der Waals surface area contributed by atoms with Crippen molar-refractivity contribution in [1.82, 2.24) is 15.2 Å². The van der Waals surface area contributed by atoms with Crippen molar-refractivity contribution in [2.45, 2.75) is 57.0 Å². The van der Waals surface area contributed by atoms with Gasteiger partial charge in [-0.1, -0.05) is 61.7 Å². The SMILES string of the molecule is O=C(NC1CCCCC1)[C@@H](c1cccnc1)N(CCc1ccccc1)C(=O)Cc1cccs1. The Bertz CT molecular complexity index is 1000. The van der Waals surface area contributed by atoms with Gasteiger partial charge in [-0.05, 0) is 42.3 Å². The Labute approximate surface area is 199 Å². The molecular weight excluding hydrogens is 430 g/mol. The topological polar surface area (TPSA) is 62.3 Å². The number of carbonyl (C=O) groups excluding carboxylic acids is 2. The summed E-state index contributed by atoms with van der Waals surface area (Å²) in [7, 11) is 0. The first-order valence-corrected chi connectivity index (χ1v) is 12.6. The summed E-state index contributed by atoms with van der Waals surface area (Å²) in [6.45, 7) is 0.464. The van der Waals surface area contributed by atoms with Crippen LogP contribution in [-0.4, -0.2) is 34.3 Å². The van der Waals surface area contributed by atoms with Crippen LogP contribution < -0.4 is 5.32 Å². The van der Waals surface area contributed by atoms with E-state index in [1.807, 2.05) is 47.8 Å². The lowest BCUT2D eigenvalue weighted by Crippen LogP contribution is -2.48. The summed E-state index contributed by atoms with van der Waals surface area (Å²) in [6, 6.07) is 17.2. The number of nitrogens with one attached hydrogen (secondary N) is 1. The molecule has 1 aromatic carbocycles. The van der Waals surface area contributed by atoms with Crippen molar-refractivity contribution in [3.63, 3.8) is 0 Å². The molecule has 1 aliphatic rings. The number of amides is 2. The zero-order chi connectivity index (χ0) is 22.9. The summed E-state index contributed by atoms with van der Waals surface area (Å²) < 4.78 is 0. The molecule has 0 bridgehead atoms. The third-order valence-corrected chi connectivity index (χ3v) is 7.10. The second-order valence-corrected chi connectivity index (χ2v) is 9.64. The maximum Gasteiger partial charge on any atom is 0.247 e. The van der Waals surface area contributed by atoms with E-state index in [1.54, 1.807) is 28.6 Å². The van der Waals surface area contributed by atoms with Gasteiger partial charge in [-0.25, -0.2) is 0 Å². The number of pyridine rings is 1. The third kappa shape index (κ3) is 6.51. The zero-order valence-electron chi connectivity index (χ0n) is 18.9. The summed E-state index contributed by atoms with van der Waals surface area (Å²) in [5, 5.41) is 5.23. The number of thiophene rings is 1. The van der Waals surface area contributed by atoms with Crippen LogP contribution in [0.15, 0.2) is 72.4 Å². The van der Waals surface area contributed by atoms with Gasteiger partial charge in [0.2, 0.25) is 11.8 Å². The van der Waals surface area contributed by atoms with E-state index in [1.165, 1.54) is 6.42 Å². The monoisotopic (exact) mass is 461 g/mol. The van der Waals surface area contributed by atoms with Crippen molar-refractivity contribution < 1.29 is 9.59 Å². The van der Waals surface area contributed by atoms with E-state index in [0.29, 0.717) is 19.4 Å². The van der Waals surface area contributed by atoms with Crippen LogP contribution in [0.25, 0.3) is 0 Å². The number of rotatable bonds is 9. The van der Waals surface area contributed by atoms with Crippen molar-refractivity contribution in [3.8, 4) is 0 Å². The predicted octanol–water partition coefficient (Wildman–Crippen LogP) is 4.95. The van der Waals surface area contributed by atoms with Gasteiger partial charge in [0.05, 0.1) is 6.42 Å². The fourth-order valence-corrected chi connectivity index (χ4v) is 5.19. The van der Waals surface area contributed by atoms with E-state index in [9.17, 15) is 9.59 Å². The van der Waals surface area contributed by atoms with E-state index < -0.39 is 6.04 Å². The number of benzene rings is 1. The van der Waals surface area contributed by atoms with E-state index in [4.69, 9.17) is 0 Å². The Morgan fingerprint density at radius 2 is 1.85 bits per heavy atom. The molecular formula is C27H31N3O2S. The molecule has 3 aromatic rings. The van der Waals surface area contributed by atoms with E-state index >= 15 is 0 Å². The Morgan fingerprint density at radius 3 is 2.55 bits per heavy atom. The predicted molar refractivity (Wildman–Crippen MR) is 132 cm³/mol. The van der Waals surface area contributed by atoms with Gasteiger partial charge >= 0.3 is 0 Å². The molecule has 6 heteroatoms. The average molecular weight is 462 g/mol. The Morgan fingerprint density at radius 1 is 1.03 bits per heavy atom. The van der Waals surface area contributed by atoms with Crippen LogP contribution in [0.2, 0.25) is 0 Å². The van der Waals surface area contributed by atoms with Crippen LogP contribution >= 0.6 is 11.3 Å². The number of hydrogen-bond acceptors (Lipinski definition) is 4. The first-order valence-electron chi connectivity index (χ1n) is 11.8. The first kappa shape index (κ1) is 23.2. The molecule has 1 atom stereocenters. The minimum atomic E-state index is -0.697. The van der Waals surface area contributed by atoms with Gasteiger partial charge in [-0.2, -0.15) is 0 Å². The second-order valence-electron chi connectivity index (χ2n) is 8.61. The normalized spacial score (nSPS) is 15.0. The first-order chi connectivity index (χ1) is 16.2. The zero-order valence-corrected chi connectivity index (χ0v) is 19.7. The van der Waals surface area contributed by atoms with Gasteiger partial charge in [0.15, 0.2) is 0 Å². The molecule has 0 radical (unpaired) electrons. The molecule has 1 aliphatic carbocycles. The van der Waals surface area contributed by atoms with Crippen LogP contribution in [0.4, 0.5) is 0 Å². The Balaban J connectivity index is 1.61. The number of nitrogens with zero attached hydrogens (tertiary/aromatic N) is 2. The quantitative estimate of drug-likeness (QED) is 0.491. The van der Waals surface area contributed by atoms with Crippen molar-refractivity contribution in [3.05, 3.63) is 88.4 Å². The molecule has 2 aromatic heterocycles. The van der Waals surface area contributed by atoms with Gasteiger partial charge in [0.25, 0.3) is 0 Å². The molecule has 0 aliphatic heterocycles. The van der Waals surface area contributed by atoms with Crippen molar-refractivity contribution in [2.24, 2.45) is 0 Å². The fraction of sp³-hybridized carbons (Fsp3) is 0.370. The van der Waals surface area contributed by atoms with Gasteiger partial charge in [0, 0.05) is 35.4 Å². The van der Waals surface area contributed by atoms with Crippen LogP contribution in [0.1, 0.15) is 54.1 Å². The van der Waals surface area contributed by atoms with E-state index in [0.717, 1.165) is 41.7 Å². The molecule has 1 saturated carbocycles. The highest BCUT2D eigenvalue weighted by Crippen LogP contribution is 2.25. The number of aromatic nitrogens is 1. The minimum Gasteiger partial charge on any atom is -0.351 e. The maximum atomic E-state index is 13.6. The standard InChI is InChI=1S/C27H31N3O2S/c31-25(19-24-14-8-18-33-24)30(17-15-21-9-3-1-4-10-21)26(22-11-7-16-28-20-22)27(32)29-23-12-5-2-6-13-23/h1,3-4,7-11,14,16,18,20,23,26H,2,5-6,12-13,15,17,19H2,(H,29,32)/t26-/m1/s1. The summed E-state index contributed by atoms with van der Waals surface area (Å²) >= 11 is 1.57. The number of carbonyl (C=O) groups is 2. The molecule has 0 saturated heterocycles. The molecule has 5 nitrogen and oxygen atoms in total.